The van der Waals surface area contributed by atoms with Crippen LogP contribution in [0.15, 0.2) is 28.7 Å². The first-order chi connectivity index (χ1) is 8.60. The van der Waals surface area contributed by atoms with Crippen molar-refractivity contribution in [2.24, 2.45) is 5.73 Å². The minimum absolute atomic E-state index is 0.132. The molecule has 1 unspecified atom stereocenters. The van der Waals surface area contributed by atoms with E-state index in [4.69, 9.17) is 10.2 Å². The van der Waals surface area contributed by atoms with Gasteiger partial charge in [-0.25, -0.2) is 4.39 Å². The lowest BCUT2D eigenvalue weighted by Gasteiger charge is -2.06. The molecule has 3 nitrogen and oxygen atoms in total. The van der Waals surface area contributed by atoms with E-state index in [0.29, 0.717) is 11.0 Å². The van der Waals surface area contributed by atoms with Crippen LogP contribution in [0.1, 0.15) is 36.7 Å². The summed E-state index contributed by atoms with van der Waals surface area (Å²) in [5.41, 5.74) is 6.34. The van der Waals surface area contributed by atoms with Crippen molar-refractivity contribution in [1.29, 1.82) is 0 Å². The van der Waals surface area contributed by atoms with Crippen molar-refractivity contribution < 1.29 is 13.6 Å². The second-order valence-electron chi connectivity index (χ2n) is 4.47. The Morgan fingerprint density at radius 2 is 2.22 bits per heavy atom. The van der Waals surface area contributed by atoms with Crippen LogP contribution in [0.2, 0.25) is 0 Å². The molecule has 0 saturated heterocycles. The normalized spacial score (nSPS) is 12.8. The van der Waals surface area contributed by atoms with E-state index in [2.05, 4.69) is 0 Å². The van der Waals surface area contributed by atoms with Gasteiger partial charge in [0.15, 0.2) is 11.5 Å². The highest BCUT2D eigenvalue weighted by atomic mass is 19.1. The maximum absolute atomic E-state index is 13.0. The topological polar surface area (TPSA) is 56.2 Å². The van der Waals surface area contributed by atoms with Gasteiger partial charge in [0.25, 0.3) is 0 Å². The molecule has 2 aromatic rings. The van der Waals surface area contributed by atoms with Gasteiger partial charge in [0, 0.05) is 17.8 Å². The van der Waals surface area contributed by atoms with Gasteiger partial charge in [0.1, 0.15) is 11.4 Å². The molecule has 0 radical (unpaired) electrons. The number of furan rings is 1. The predicted molar refractivity (Wildman–Crippen MR) is 68.0 cm³/mol. The van der Waals surface area contributed by atoms with E-state index in [1.807, 2.05) is 6.92 Å². The number of Topliss-reactive ketones (excluding diaryl/α,β-unsaturated/α-hetero) is 1. The van der Waals surface area contributed by atoms with E-state index in [1.165, 1.54) is 18.2 Å². The molecule has 96 valence electrons. The molecule has 2 rings (SSSR count). The average Bonchev–Trinajstić information content (AvgIpc) is 2.72. The van der Waals surface area contributed by atoms with Crippen molar-refractivity contribution in [3.05, 3.63) is 35.8 Å². The number of fused-ring (bicyclic) bond motifs is 1. The summed E-state index contributed by atoms with van der Waals surface area (Å²) in [5.74, 6) is -0.223. The molecule has 0 aliphatic rings. The van der Waals surface area contributed by atoms with Crippen LogP contribution in [0.3, 0.4) is 0 Å². The van der Waals surface area contributed by atoms with Gasteiger partial charge in [0.05, 0.1) is 0 Å². The summed E-state index contributed by atoms with van der Waals surface area (Å²) >= 11 is 0. The molecule has 1 heterocycles. The summed E-state index contributed by atoms with van der Waals surface area (Å²) in [6, 6.07) is 5.60. The van der Waals surface area contributed by atoms with Gasteiger partial charge in [0.2, 0.25) is 0 Å². The highest BCUT2D eigenvalue weighted by molar-refractivity contribution is 5.97. The van der Waals surface area contributed by atoms with E-state index in [1.54, 1.807) is 6.07 Å². The minimum atomic E-state index is -0.343. The number of carbonyl (C=O) groups is 1. The van der Waals surface area contributed by atoms with Crippen LogP contribution < -0.4 is 5.73 Å². The zero-order valence-corrected chi connectivity index (χ0v) is 10.3. The van der Waals surface area contributed by atoms with E-state index < -0.39 is 0 Å². The van der Waals surface area contributed by atoms with Crippen LogP contribution in [0, 0.1) is 5.82 Å². The second-order valence-corrected chi connectivity index (χ2v) is 4.47. The Morgan fingerprint density at radius 1 is 1.44 bits per heavy atom. The third-order valence-electron chi connectivity index (χ3n) is 2.86. The molecular formula is C14H16FNO2. The summed E-state index contributed by atoms with van der Waals surface area (Å²) in [4.78, 5) is 11.9. The first kappa shape index (κ1) is 12.8. The van der Waals surface area contributed by atoms with Crippen LogP contribution in [0.5, 0.6) is 0 Å². The number of hydrogen-bond acceptors (Lipinski definition) is 3. The van der Waals surface area contributed by atoms with Gasteiger partial charge in [-0.05, 0) is 30.7 Å². The van der Waals surface area contributed by atoms with Gasteiger partial charge in [-0.1, -0.05) is 13.3 Å². The number of nitrogens with two attached hydrogens (primary N) is 1. The summed E-state index contributed by atoms with van der Waals surface area (Å²) in [5, 5.41) is 0.599. The van der Waals surface area contributed by atoms with Gasteiger partial charge < -0.3 is 10.2 Å². The first-order valence-corrected chi connectivity index (χ1v) is 6.08. The van der Waals surface area contributed by atoms with Crippen LogP contribution >= 0.6 is 0 Å². The molecule has 4 heteroatoms. The van der Waals surface area contributed by atoms with Crippen molar-refractivity contribution >= 4 is 16.8 Å². The number of carbonyl (C=O) groups excluding carboxylic acids is 1. The SMILES string of the molecule is CCCC(N)CC(=O)c1cc2cc(F)ccc2o1. The largest absolute Gasteiger partial charge is 0.453 e. The number of ketones is 1. The van der Waals surface area contributed by atoms with Crippen molar-refractivity contribution in [3.63, 3.8) is 0 Å². The highest BCUT2D eigenvalue weighted by Crippen LogP contribution is 2.21. The maximum Gasteiger partial charge on any atom is 0.199 e. The summed E-state index contributed by atoms with van der Waals surface area (Å²) < 4.78 is 18.4. The molecule has 0 aliphatic carbocycles. The molecule has 0 bridgehead atoms. The fourth-order valence-electron chi connectivity index (χ4n) is 1.96. The summed E-state index contributed by atoms with van der Waals surface area (Å²) in [6.45, 7) is 2.02. The Bertz CT molecular complexity index is 562. The Morgan fingerprint density at radius 3 is 2.94 bits per heavy atom. The number of rotatable bonds is 5. The fourth-order valence-corrected chi connectivity index (χ4v) is 1.96. The quantitative estimate of drug-likeness (QED) is 0.827. The lowest BCUT2D eigenvalue weighted by molar-refractivity contribution is 0.0948. The molecule has 0 saturated carbocycles. The van der Waals surface area contributed by atoms with Crippen molar-refractivity contribution in [1.82, 2.24) is 0 Å². The number of hydrogen-bond donors (Lipinski definition) is 1. The monoisotopic (exact) mass is 249 g/mol. The molecule has 1 atom stereocenters. The molecule has 18 heavy (non-hydrogen) atoms. The van der Waals surface area contributed by atoms with Crippen LogP contribution in [-0.2, 0) is 0 Å². The van der Waals surface area contributed by atoms with Crippen LogP contribution in [-0.4, -0.2) is 11.8 Å². The van der Waals surface area contributed by atoms with Gasteiger partial charge in [-0.3, -0.25) is 4.79 Å². The van der Waals surface area contributed by atoms with Crippen molar-refractivity contribution in [2.75, 3.05) is 0 Å². The summed E-state index contributed by atoms with van der Waals surface area (Å²) in [7, 11) is 0. The molecule has 2 N–H and O–H groups in total. The van der Waals surface area contributed by atoms with E-state index in [-0.39, 0.29) is 29.8 Å². The third kappa shape index (κ3) is 2.76. The van der Waals surface area contributed by atoms with Gasteiger partial charge >= 0.3 is 0 Å². The second kappa shape index (κ2) is 5.31. The summed E-state index contributed by atoms with van der Waals surface area (Å²) in [6.07, 6.45) is 2.01. The lowest BCUT2D eigenvalue weighted by atomic mass is 10.1. The number of benzene rings is 1. The van der Waals surface area contributed by atoms with E-state index in [9.17, 15) is 9.18 Å². The Balaban J connectivity index is 2.18. The third-order valence-corrected chi connectivity index (χ3v) is 2.86. The lowest BCUT2D eigenvalue weighted by Crippen LogP contribution is -2.23. The zero-order valence-electron chi connectivity index (χ0n) is 10.3. The molecule has 1 aromatic carbocycles. The molecule has 0 fully saturated rings. The van der Waals surface area contributed by atoms with Crippen LogP contribution in [0.25, 0.3) is 11.0 Å². The van der Waals surface area contributed by atoms with Crippen molar-refractivity contribution in [2.45, 2.75) is 32.2 Å². The predicted octanol–water partition coefficient (Wildman–Crippen LogP) is 3.27. The minimum Gasteiger partial charge on any atom is -0.453 e. The van der Waals surface area contributed by atoms with Crippen LogP contribution in [0.4, 0.5) is 4.39 Å². The fraction of sp³-hybridized carbons (Fsp3) is 0.357. The van der Waals surface area contributed by atoms with E-state index in [0.717, 1.165) is 12.8 Å². The molecule has 0 amide bonds. The molecule has 1 aromatic heterocycles. The Labute approximate surface area is 105 Å². The maximum atomic E-state index is 13.0. The van der Waals surface area contributed by atoms with Gasteiger partial charge in [-0.15, -0.1) is 0 Å². The Hall–Kier alpha value is -1.68. The standard InChI is InChI=1S/C14H16FNO2/c1-2-3-11(16)8-12(17)14-7-9-6-10(15)4-5-13(9)18-14/h4-7,11H,2-3,8,16H2,1H3. The number of halogens is 1. The van der Waals surface area contributed by atoms with Crippen molar-refractivity contribution in [3.8, 4) is 0 Å². The molecular weight excluding hydrogens is 233 g/mol. The molecule has 0 aliphatic heterocycles. The average molecular weight is 249 g/mol. The Kier molecular flexibility index (Phi) is 3.77. The first-order valence-electron chi connectivity index (χ1n) is 6.08. The zero-order chi connectivity index (χ0) is 13.1. The van der Waals surface area contributed by atoms with Gasteiger partial charge in [-0.2, -0.15) is 0 Å². The highest BCUT2D eigenvalue weighted by Gasteiger charge is 2.15. The smallest absolute Gasteiger partial charge is 0.199 e. The molecule has 0 spiro atoms. The van der Waals surface area contributed by atoms with E-state index >= 15 is 0 Å².